The molecule has 2 rings (SSSR count). The summed E-state index contributed by atoms with van der Waals surface area (Å²) >= 11 is 1.64. The summed E-state index contributed by atoms with van der Waals surface area (Å²) < 4.78 is 10.0. The Bertz CT molecular complexity index is 616. The summed E-state index contributed by atoms with van der Waals surface area (Å²) in [6.45, 7) is 0.685. The van der Waals surface area contributed by atoms with Crippen molar-refractivity contribution in [2.45, 2.75) is 12.6 Å². The first-order chi connectivity index (χ1) is 10.6. The van der Waals surface area contributed by atoms with E-state index in [0.717, 1.165) is 21.1 Å². The van der Waals surface area contributed by atoms with Crippen LogP contribution in [0, 0.1) is 0 Å². The predicted octanol–water partition coefficient (Wildman–Crippen LogP) is 2.44. The number of nitrogens with two attached hydrogens (primary N) is 1. The van der Waals surface area contributed by atoms with E-state index in [4.69, 9.17) is 15.2 Å². The van der Waals surface area contributed by atoms with E-state index < -0.39 is 6.04 Å². The van der Waals surface area contributed by atoms with Crippen molar-refractivity contribution in [3.8, 4) is 16.2 Å². The van der Waals surface area contributed by atoms with E-state index in [0.29, 0.717) is 6.54 Å². The van der Waals surface area contributed by atoms with Crippen LogP contribution in [0.15, 0.2) is 36.4 Å². The molecule has 1 unspecified atom stereocenters. The average molecular weight is 357 g/mol. The highest BCUT2D eigenvalue weighted by atomic mass is 35.5. The van der Waals surface area contributed by atoms with Crippen LogP contribution in [0.4, 0.5) is 0 Å². The topological polar surface area (TPSA) is 73.6 Å². The maximum atomic E-state index is 11.7. The summed E-state index contributed by atoms with van der Waals surface area (Å²) in [5, 5.41) is 2.81. The summed E-state index contributed by atoms with van der Waals surface area (Å²) in [7, 11) is 3.17. The molecule has 2 aromatic rings. The molecule has 0 aliphatic heterocycles. The minimum atomic E-state index is -0.633. The average Bonchev–Trinajstić information content (AvgIpc) is 3.02. The van der Waals surface area contributed by atoms with Gasteiger partial charge >= 0.3 is 0 Å². The third-order valence-electron chi connectivity index (χ3n) is 3.16. The standard InChI is InChI=1S/C16H20N2O3S.ClH/c1-20-10-14(17)16(19)18-9-13-7-8-15(22-13)11-3-5-12(21-2)6-4-11;/h3-8,14H,9-10,17H2,1-2H3,(H,18,19);1H. The van der Waals surface area contributed by atoms with Crippen LogP contribution in [-0.4, -0.2) is 32.8 Å². The number of ether oxygens (including phenoxy) is 2. The second-order valence-electron chi connectivity index (χ2n) is 4.77. The fraction of sp³-hybridized carbons (Fsp3) is 0.312. The van der Waals surface area contributed by atoms with Gasteiger partial charge in [-0.1, -0.05) is 0 Å². The van der Waals surface area contributed by atoms with Crippen molar-refractivity contribution in [1.29, 1.82) is 0 Å². The Morgan fingerprint density at radius 2 is 1.91 bits per heavy atom. The third kappa shape index (κ3) is 5.51. The van der Waals surface area contributed by atoms with Crippen LogP contribution in [0.5, 0.6) is 5.75 Å². The molecule has 1 heterocycles. The lowest BCUT2D eigenvalue weighted by molar-refractivity contribution is -0.123. The van der Waals surface area contributed by atoms with E-state index in [-0.39, 0.29) is 24.9 Å². The number of methoxy groups -OCH3 is 2. The first kappa shape index (κ1) is 19.4. The van der Waals surface area contributed by atoms with Crippen molar-refractivity contribution in [2.24, 2.45) is 5.73 Å². The van der Waals surface area contributed by atoms with Gasteiger partial charge in [-0.05, 0) is 42.0 Å². The third-order valence-corrected chi connectivity index (χ3v) is 4.29. The van der Waals surface area contributed by atoms with Gasteiger partial charge in [0.15, 0.2) is 0 Å². The summed E-state index contributed by atoms with van der Waals surface area (Å²) in [6.07, 6.45) is 0. The molecule has 0 saturated heterocycles. The van der Waals surface area contributed by atoms with Crippen molar-refractivity contribution in [3.05, 3.63) is 41.3 Å². The Morgan fingerprint density at radius 3 is 2.52 bits per heavy atom. The summed E-state index contributed by atoms with van der Waals surface area (Å²) in [5.41, 5.74) is 6.79. The van der Waals surface area contributed by atoms with Crippen molar-refractivity contribution in [2.75, 3.05) is 20.8 Å². The summed E-state index contributed by atoms with van der Waals surface area (Å²) in [4.78, 5) is 13.9. The molecular formula is C16H21ClN2O3S. The van der Waals surface area contributed by atoms with Gasteiger partial charge in [-0.15, -0.1) is 23.7 Å². The molecule has 0 spiro atoms. The number of hydrogen-bond acceptors (Lipinski definition) is 5. The Labute approximate surface area is 146 Å². The molecule has 7 heteroatoms. The quantitative estimate of drug-likeness (QED) is 0.799. The maximum Gasteiger partial charge on any atom is 0.239 e. The van der Waals surface area contributed by atoms with Crippen LogP contribution in [0.2, 0.25) is 0 Å². The fourth-order valence-corrected chi connectivity index (χ4v) is 2.90. The Hall–Kier alpha value is -1.60. The number of carbonyl (C=O) groups excluding carboxylic acids is 1. The Balaban J connectivity index is 0.00000264. The summed E-state index contributed by atoms with van der Waals surface area (Å²) in [6, 6.07) is 11.3. The smallest absolute Gasteiger partial charge is 0.239 e. The largest absolute Gasteiger partial charge is 0.497 e. The van der Waals surface area contributed by atoms with Crippen LogP contribution in [-0.2, 0) is 16.1 Å². The van der Waals surface area contributed by atoms with E-state index in [9.17, 15) is 4.79 Å². The van der Waals surface area contributed by atoms with E-state index in [1.165, 1.54) is 7.11 Å². The predicted molar refractivity (Wildman–Crippen MR) is 95.3 cm³/mol. The molecule has 0 bridgehead atoms. The van der Waals surface area contributed by atoms with Crippen LogP contribution in [0.25, 0.3) is 10.4 Å². The zero-order valence-electron chi connectivity index (χ0n) is 13.1. The highest BCUT2D eigenvalue weighted by Gasteiger charge is 2.13. The summed E-state index contributed by atoms with van der Waals surface area (Å²) in [5.74, 6) is 0.626. The van der Waals surface area contributed by atoms with Crippen LogP contribution >= 0.6 is 23.7 Å². The number of carbonyl (C=O) groups is 1. The maximum absolute atomic E-state index is 11.7. The van der Waals surface area contributed by atoms with Gasteiger partial charge in [0.1, 0.15) is 11.8 Å². The SMILES string of the molecule is COCC(N)C(=O)NCc1ccc(-c2ccc(OC)cc2)s1.Cl. The second kappa shape index (κ2) is 9.52. The van der Waals surface area contributed by atoms with E-state index in [2.05, 4.69) is 5.32 Å². The van der Waals surface area contributed by atoms with Crippen LogP contribution < -0.4 is 15.8 Å². The molecule has 0 fully saturated rings. The number of rotatable bonds is 7. The molecule has 5 nitrogen and oxygen atoms in total. The second-order valence-corrected chi connectivity index (χ2v) is 5.94. The lowest BCUT2D eigenvalue weighted by Gasteiger charge is -2.10. The Kier molecular flexibility index (Phi) is 8.05. The number of halogens is 1. The zero-order valence-corrected chi connectivity index (χ0v) is 14.7. The van der Waals surface area contributed by atoms with Gasteiger partial charge in [-0.25, -0.2) is 0 Å². The molecule has 1 aromatic carbocycles. The number of amides is 1. The molecule has 3 N–H and O–H groups in total. The number of nitrogens with one attached hydrogen (secondary N) is 1. The molecule has 0 aliphatic rings. The first-order valence-electron chi connectivity index (χ1n) is 6.89. The van der Waals surface area contributed by atoms with Crippen molar-refractivity contribution in [1.82, 2.24) is 5.32 Å². The van der Waals surface area contributed by atoms with E-state index in [1.807, 2.05) is 36.4 Å². The van der Waals surface area contributed by atoms with E-state index in [1.54, 1.807) is 18.4 Å². The molecule has 0 radical (unpaired) electrons. The van der Waals surface area contributed by atoms with Gasteiger partial charge in [-0.3, -0.25) is 4.79 Å². The molecule has 126 valence electrons. The van der Waals surface area contributed by atoms with Gasteiger partial charge in [0.2, 0.25) is 5.91 Å². The molecule has 23 heavy (non-hydrogen) atoms. The molecular weight excluding hydrogens is 336 g/mol. The van der Waals surface area contributed by atoms with Gasteiger partial charge in [0, 0.05) is 16.9 Å². The molecule has 0 aliphatic carbocycles. The number of hydrogen-bond donors (Lipinski definition) is 2. The molecule has 1 aromatic heterocycles. The van der Waals surface area contributed by atoms with E-state index >= 15 is 0 Å². The fourth-order valence-electron chi connectivity index (χ4n) is 1.94. The Morgan fingerprint density at radius 1 is 1.22 bits per heavy atom. The minimum Gasteiger partial charge on any atom is -0.497 e. The highest BCUT2D eigenvalue weighted by Crippen LogP contribution is 2.29. The van der Waals surface area contributed by atoms with Crippen molar-refractivity contribution >= 4 is 29.7 Å². The van der Waals surface area contributed by atoms with Crippen molar-refractivity contribution < 1.29 is 14.3 Å². The van der Waals surface area contributed by atoms with Gasteiger partial charge in [0.25, 0.3) is 0 Å². The lowest BCUT2D eigenvalue weighted by Crippen LogP contribution is -2.43. The molecule has 0 saturated carbocycles. The monoisotopic (exact) mass is 356 g/mol. The van der Waals surface area contributed by atoms with Crippen LogP contribution in [0.3, 0.4) is 0 Å². The first-order valence-corrected chi connectivity index (χ1v) is 7.71. The van der Waals surface area contributed by atoms with Crippen LogP contribution in [0.1, 0.15) is 4.88 Å². The van der Waals surface area contributed by atoms with Gasteiger partial charge in [-0.2, -0.15) is 0 Å². The lowest BCUT2D eigenvalue weighted by atomic mass is 10.2. The highest BCUT2D eigenvalue weighted by molar-refractivity contribution is 7.15. The number of benzene rings is 1. The number of thiophene rings is 1. The van der Waals surface area contributed by atoms with Gasteiger partial charge in [0.05, 0.1) is 20.3 Å². The van der Waals surface area contributed by atoms with Gasteiger partial charge < -0.3 is 20.5 Å². The molecule has 1 atom stereocenters. The normalized spacial score (nSPS) is 11.4. The zero-order chi connectivity index (χ0) is 15.9. The molecule has 1 amide bonds. The van der Waals surface area contributed by atoms with Crippen molar-refractivity contribution in [3.63, 3.8) is 0 Å². The minimum absolute atomic E-state index is 0.